The van der Waals surface area contributed by atoms with E-state index in [0.717, 1.165) is 10.7 Å². The van der Waals surface area contributed by atoms with Crippen LogP contribution in [0.4, 0.5) is 13.2 Å². The van der Waals surface area contributed by atoms with Crippen molar-refractivity contribution in [1.29, 1.82) is 0 Å². The Morgan fingerprint density at radius 3 is 2.62 bits per heavy atom. The topological polar surface area (TPSA) is 71.3 Å². The van der Waals surface area contributed by atoms with Crippen molar-refractivity contribution in [2.45, 2.75) is 13.1 Å². The fourth-order valence-corrected chi connectivity index (χ4v) is 2.02. The van der Waals surface area contributed by atoms with Crippen LogP contribution in [0.1, 0.15) is 16.1 Å². The molecule has 2 N–H and O–H groups in total. The summed E-state index contributed by atoms with van der Waals surface area (Å²) in [5, 5.41) is 9.24. The van der Waals surface area contributed by atoms with Crippen LogP contribution in [-0.4, -0.2) is 28.5 Å². The van der Waals surface area contributed by atoms with Crippen LogP contribution >= 0.6 is 0 Å². The van der Waals surface area contributed by atoms with Crippen molar-refractivity contribution in [3.8, 4) is 11.1 Å². The van der Waals surface area contributed by atoms with Gasteiger partial charge in [-0.25, -0.2) is 4.79 Å². The highest BCUT2D eigenvalue weighted by Gasteiger charge is 2.28. The van der Waals surface area contributed by atoms with E-state index in [2.05, 4.69) is 5.43 Å². The lowest BCUT2D eigenvalue weighted by molar-refractivity contribution is -0.116. The first-order valence-electron chi connectivity index (χ1n) is 5.89. The highest BCUT2D eigenvalue weighted by atomic mass is 19.4. The molecule has 2 rings (SSSR count). The number of aromatic nitrogens is 1. The van der Waals surface area contributed by atoms with E-state index in [9.17, 15) is 27.9 Å². The molecule has 0 radical (unpaired) electrons. The van der Waals surface area contributed by atoms with Crippen LogP contribution in [0.15, 0.2) is 29.2 Å². The lowest BCUT2D eigenvalue weighted by Gasteiger charge is -2.20. The Labute approximate surface area is 116 Å². The number of alkyl halides is 3. The van der Waals surface area contributed by atoms with Gasteiger partial charge in [0.1, 0.15) is 6.54 Å². The molecule has 1 aliphatic carbocycles. The first-order chi connectivity index (χ1) is 9.69. The first kappa shape index (κ1) is 14.9. The predicted molar refractivity (Wildman–Crippen MR) is 69.3 cm³/mol. The van der Waals surface area contributed by atoms with Gasteiger partial charge in [0.25, 0.3) is 0 Å². The minimum Gasteiger partial charge on any atom is -0.478 e. The van der Waals surface area contributed by atoms with E-state index < -0.39 is 18.7 Å². The van der Waals surface area contributed by atoms with E-state index in [4.69, 9.17) is 0 Å². The number of nitrogens with zero attached hydrogens (tertiary/aromatic N) is 1. The molecule has 2 aliphatic rings. The summed E-state index contributed by atoms with van der Waals surface area (Å²) in [6.45, 7) is 0.0620. The van der Waals surface area contributed by atoms with Crippen molar-refractivity contribution in [3.05, 3.63) is 45.9 Å². The molecule has 8 heteroatoms. The molecule has 5 nitrogen and oxygen atoms in total. The molecule has 0 aromatic carbocycles. The Bertz CT molecular complexity index is 722. The normalized spacial score (nSPS) is 11.6. The number of hydrogen-bond acceptors (Lipinski definition) is 3. The van der Waals surface area contributed by atoms with Gasteiger partial charge in [-0.2, -0.15) is 13.2 Å². The van der Waals surface area contributed by atoms with Crippen LogP contribution in [0.5, 0.6) is 0 Å². The number of pyridine rings is 1. The summed E-state index contributed by atoms with van der Waals surface area (Å²) < 4.78 is 37.8. The minimum absolute atomic E-state index is 0.0739. The number of carbonyl (C=O) groups is 1. The van der Waals surface area contributed by atoms with Crippen LogP contribution in [0.3, 0.4) is 0 Å². The van der Waals surface area contributed by atoms with Gasteiger partial charge in [-0.1, -0.05) is 0 Å². The SMILES string of the molecule is Cc1c(C(=O)O)c2cc(=O)ccc-2cn1NCC(F)(F)F. The number of halogens is 3. The van der Waals surface area contributed by atoms with E-state index in [1.54, 1.807) is 0 Å². The van der Waals surface area contributed by atoms with Gasteiger partial charge < -0.3 is 10.5 Å². The molecular weight excluding hydrogens is 289 g/mol. The Kier molecular flexibility index (Phi) is 3.63. The molecule has 112 valence electrons. The quantitative estimate of drug-likeness (QED) is 0.910. The maximum atomic E-state index is 12.3. The molecule has 0 saturated carbocycles. The predicted octanol–water partition coefficient (Wildman–Crippen LogP) is 2.07. The maximum absolute atomic E-state index is 12.3. The second-order valence-corrected chi connectivity index (χ2v) is 4.46. The maximum Gasteiger partial charge on any atom is 0.407 e. The van der Waals surface area contributed by atoms with Gasteiger partial charge in [0.15, 0.2) is 5.43 Å². The van der Waals surface area contributed by atoms with Gasteiger partial charge in [-0.3, -0.25) is 9.47 Å². The van der Waals surface area contributed by atoms with Crippen molar-refractivity contribution in [1.82, 2.24) is 4.68 Å². The van der Waals surface area contributed by atoms with Crippen LogP contribution in [-0.2, 0) is 0 Å². The average Bonchev–Trinajstić information content (AvgIpc) is 2.34. The molecule has 0 bridgehead atoms. The fraction of sp³-hybridized carbons (Fsp3) is 0.231. The molecule has 0 atom stereocenters. The van der Waals surface area contributed by atoms with Crippen LogP contribution in [0, 0.1) is 6.92 Å². The summed E-state index contributed by atoms with van der Waals surface area (Å²) in [5.41, 5.74) is 2.15. The molecule has 0 saturated heterocycles. The average molecular weight is 300 g/mol. The molecule has 0 unspecified atom stereocenters. The van der Waals surface area contributed by atoms with E-state index in [-0.39, 0.29) is 22.2 Å². The van der Waals surface area contributed by atoms with Gasteiger partial charge in [0.05, 0.1) is 11.3 Å². The van der Waals surface area contributed by atoms with Crippen molar-refractivity contribution in [2.75, 3.05) is 12.0 Å². The zero-order valence-electron chi connectivity index (χ0n) is 10.9. The third-order valence-corrected chi connectivity index (χ3v) is 2.95. The highest BCUT2D eigenvalue weighted by Crippen LogP contribution is 2.27. The smallest absolute Gasteiger partial charge is 0.407 e. The van der Waals surface area contributed by atoms with Crippen molar-refractivity contribution >= 4 is 5.97 Å². The Hall–Kier alpha value is -2.51. The second-order valence-electron chi connectivity index (χ2n) is 4.46. The number of hydrogen-bond donors (Lipinski definition) is 2. The molecule has 0 spiro atoms. The number of fused-ring (bicyclic) bond motifs is 1. The van der Waals surface area contributed by atoms with E-state index >= 15 is 0 Å². The number of aromatic carboxylic acids is 1. The van der Waals surface area contributed by atoms with Gasteiger partial charge in [-0.05, 0) is 25.1 Å². The summed E-state index contributed by atoms with van der Waals surface area (Å²) in [6.07, 6.45) is -3.11. The number of rotatable bonds is 3. The third kappa shape index (κ3) is 3.15. The molecule has 0 fully saturated rings. The minimum atomic E-state index is -4.43. The van der Waals surface area contributed by atoms with Crippen LogP contribution < -0.4 is 10.9 Å². The first-order valence-corrected chi connectivity index (χ1v) is 5.89. The standard InChI is InChI=1S/C13H11F3N2O3/c1-7-11(12(20)21)10-4-9(19)3-2-8(10)5-18(7)17-6-13(14,15)16/h2-5,17H,6H2,1H3,(H,20,21). The van der Waals surface area contributed by atoms with Gasteiger partial charge >= 0.3 is 12.1 Å². The fourth-order valence-electron chi connectivity index (χ4n) is 2.02. The van der Waals surface area contributed by atoms with Crippen molar-refractivity contribution < 1.29 is 23.1 Å². The van der Waals surface area contributed by atoms with E-state index in [1.165, 1.54) is 25.3 Å². The number of carboxylic acids is 1. The van der Waals surface area contributed by atoms with Crippen LogP contribution in [0.2, 0.25) is 0 Å². The zero-order chi connectivity index (χ0) is 15.8. The molecular formula is C13H11F3N2O3. The second kappa shape index (κ2) is 5.12. The highest BCUT2D eigenvalue weighted by molar-refractivity contribution is 5.97. The number of carboxylic acid groups (broad SMARTS) is 1. The largest absolute Gasteiger partial charge is 0.478 e. The molecule has 0 aromatic rings. The molecule has 1 heterocycles. The third-order valence-electron chi connectivity index (χ3n) is 2.95. The summed E-state index contributed by atoms with van der Waals surface area (Å²) >= 11 is 0. The number of nitrogens with one attached hydrogen (secondary N) is 1. The lowest BCUT2D eigenvalue weighted by Crippen LogP contribution is -2.30. The Balaban J connectivity index is 2.61. The number of benzene rings is 1. The molecule has 1 aliphatic heterocycles. The van der Waals surface area contributed by atoms with Gasteiger partial charge in [0, 0.05) is 17.3 Å². The van der Waals surface area contributed by atoms with E-state index in [0.29, 0.717) is 5.56 Å². The summed E-state index contributed by atoms with van der Waals surface area (Å²) in [4.78, 5) is 22.7. The molecule has 0 aromatic heterocycles. The zero-order valence-corrected chi connectivity index (χ0v) is 10.9. The van der Waals surface area contributed by atoms with E-state index in [1.807, 2.05) is 0 Å². The monoisotopic (exact) mass is 300 g/mol. The van der Waals surface area contributed by atoms with Gasteiger partial charge in [-0.15, -0.1) is 0 Å². The summed E-state index contributed by atoms with van der Waals surface area (Å²) in [6, 6.07) is 3.74. The van der Waals surface area contributed by atoms with Crippen molar-refractivity contribution in [2.24, 2.45) is 0 Å². The molecule has 21 heavy (non-hydrogen) atoms. The summed E-state index contributed by atoms with van der Waals surface area (Å²) in [5.74, 6) is -1.31. The van der Waals surface area contributed by atoms with Crippen molar-refractivity contribution in [3.63, 3.8) is 0 Å². The molecule has 0 amide bonds. The Morgan fingerprint density at radius 2 is 2.05 bits per heavy atom. The van der Waals surface area contributed by atoms with Gasteiger partial charge in [0.2, 0.25) is 0 Å². The van der Waals surface area contributed by atoms with Crippen LogP contribution in [0.25, 0.3) is 11.1 Å². The lowest BCUT2D eigenvalue weighted by atomic mass is 9.98. The summed E-state index contributed by atoms with van der Waals surface area (Å²) in [7, 11) is 0. The Morgan fingerprint density at radius 1 is 1.38 bits per heavy atom.